The zero-order valence-electron chi connectivity index (χ0n) is 14.2. The third-order valence-electron chi connectivity index (χ3n) is 4.50. The summed E-state index contributed by atoms with van der Waals surface area (Å²) < 4.78 is 7.23. The van der Waals surface area contributed by atoms with Gasteiger partial charge in [0, 0.05) is 36.2 Å². The Hall–Kier alpha value is -2.11. The molecule has 23 heavy (non-hydrogen) atoms. The maximum absolute atomic E-state index is 12.2. The Bertz CT molecular complexity index is 710. The summed E-state index contributed by atoms with van der Waals surface area (Å²) in [7, 11) is 0. The number of carbonyl (C=O) groups is 1. The Morgan fingerprint density at radius 3 is 2.65 bits per heavy atom. The lowest BCUT2D eigenvalue weighted by Crippen LogP contribution is -2.32. The zero-order chi connectivity index (χ0) is 16.6. The van der Waals surface area contributed by atoms with Crippen molar-refractivity contribution in [1.29, 1.82) is 0 Å². The Morgan fingerprint density at radius 2 is 2.13 bits per heavy atom. The van der Waals surface area contributed by atoms with Gasteiger partial charge in [-0.25, -0.2) is 0 Å². The first-order valence-corrected chi connectivity index (χ1v) is 8.14. The minimum Gasteiger partial charge on any atom is -0.360 e. The molecule has 2 aromatic rings. The molecule has 6 heteroatoms. The molecule has 0 radical (unpaired) electrons. The average Bonchev–Trinajstić information content (AvgIpc) is 2.93. The quantitative estimate of drug-likeness (QED) is 0.889. The highest BCUT2D eigenvalue weighted by molar-refractivity contribution is 5.92. The van der Waals surface area contributed by atoms with Gasteiger partial charge in [0.05, 0.1) is 5.69 Å². The fraction of sp³-hybridized carbons (Fsp3) is 0.588. The van der Waals surface area contributed by atoms with E-state index in [1.54, 1.807) is 6.07 Å². The first kappa shape index (κ1) is 15.8. The largest absolute Gasteiger partial charge is 0.360 e. The lowest BCUT2D eigenvalue weighted by Gasteiger charge is -2.16. The van der Waals surface area contributed by atoms with Gasteiger partial charge in [-0.1, -0.05) is 19.0 Å². The summed E-state index contributed by atoms with van der Waals surface area (Å²) in [4.78, 5) is 12.2. The third-order valence-corrected chi connectivity index (χ3v) is 4.50. The van der Waals surface area contributed by atoms with Crippen LogP contribution in [0.4, 0.5) is 0 Å². The van der Waals surface area contributed by atoms with Crippen molar-refractivity contribution >= 4 is 5.91 Å². The number of hydrogen-bond acceptors (Lipinski definition) is 4. The van der Waals surface area contributed by atoms with Gasteiger partial charge in [0.25, 0.3) is 5.91 Å². The average molecular weight is 316 g/mol. The fourth-order valence-corrected chi connectivity index (χ4v) is 2.75. The molecule has 124 valence electrons. The predicted molar refractivity (Wildman–Crippen MR) is 86.3 cm³/mol. The molecule has 2 heterocycles. The van der Waals surface area contributed by atoms with Gasteiger partial charge >= 0.3 is 0 Å². The van der Waals surface area contributed by atoms with Gasteiger partial charge in [-0.15, -0.1) is 0 Å². The zero-order valence-corrected chi connectivity index (χ0v) is 14.2. The Balaban J connectivity index is 1.58. The van der Waals surface area contributed by atoms with E-state index in [0.29, 0.717) is 12.2 Å². The fourth-order valence-electron chi connectivity index (χ4n) is 2.75. The molecule has 2 aromatic heterocycles. The summed E-state index contributed by atoms with van der Waals surface area (Å²) in [6, 6.07) is 3.80. The van der Waals surface area contributed by atoms with E-state index >= 15 is 0 Å². The van der Waals surface area contributed by atoms with Crippen molar-refractivity contribution in [2.45, 2.75) is 53.0 Å². The van der Waals surface area contributed by atoms with E-state index < -0.39 is 0 Å². The molecule has 1 aliphatic carbocycles. The third kappa shape index (κ3) is 3.46. The second-order valence-electron chi connectivity index (χ2n) is 7.04. The number of hydrogen-bond donors (Lipinski definition) is 1. The molecule has 1 fully saturated rings. The maximum atomic E-state index is 12.2. The summed E-state index contributed by atoms with van der Waals surface area (Å²) in [6.07, 6.45) is 2.23. The van der Waals surface area contributed by atoms with E-state index in [0.717, 1.165) is 36.5 Å². The Morgan fingerprint density at radius 1 is 1.39 bits per heavy atom. The van der Waals surface area contributed by atoms with Crippen molar-refractivity contribution in [3.8, 4) is 0 Å². The van der Waals surface area contributed by atoms with Gasteiger partial charge < -0.3 is 9.84 Å². The van der Waals surface area contributed by atoms with Gasteiger partial charge in [-0.2, -0.15) is 5.10 Å². The lowest BCUT2D eigenvalue weighted by molar-refractivity contribution is 0.0933. The van der Waals surface area contributed by atoms with Crippen LogP contribution in [0, 0.1) is 19.3 Å². The summed E-state index contributed by atoms with van der Waals surface area (Å²) in [5.41, 5.74) is 2.68. The monoisotopic (exact) mass is 316 g/mol. The molecular formula is C17H24N4O2. The number of rotatable bonds is 6. The summed E-state index contributed by atoms with van der Waals surface area (Å²) in [5, 5.41) is 11.4. The minimum atomic E-state index is -0.166. The van der Waals surface area contributed by atoms with Crippen molar-refractivity contribution in [3.05, 3.63) is 35.0 Å². The number of aromatic nitrogens is 3. The van der Waals surface area contributed by atoms with Gasteiger partial charge in [-0.3, -0.25) is 9.48 Å². The molecular weight excluding hydrogens is 292 g/mol. The van der Waals surface area contributed by atoms with Crippen LogP contribution in [-0.2, 0) is 6.54 Å². The molecule has 6 nitrogen and oxygen atoms in total. The standard InChI is InChI=1S/C17H24N4O2/c1-11(2)15-8-14(20-23-15)16(22)18-9-17(5-6-17)10-21-13(4)7-12(3)19-21/h7-8,11H,5-6,9-10H2,1-4H3,(H,18,22). The van der Waals surface area contributed by atoms with E-state index in [-0.39, 0.29) is 17.2 Å². The van der Waals surface area contributed by atoms with Crippen molar-refractivity contribution in [3.63, 3.8) is 0 Å². The lowest BCUT2D eigenvalue weighted by atomic mass is 10.1. The molecule has 0 saturated heterocycles. The molecule has 1 amide bonds. The molecule has 1 saturated carbocycles. The highest BCUT2D eigenvalue weighted by Gasteiger charge is 2.43. The highest BCUT2D eigenvalue weighted by atomic mass is 16.5. The van der Waals surface area contributed by atoms with Crippen LogP contribution in [0.3, 0.4) is 0 Å². The molecule has 1 N–H and O–H groups in total. The first-order chi connectivity index (χ1) is 10.9. The molecule has 1 aliphatic rings. The Labute approximate surface area is 136 Å². The van der Waals surface area contributed by atoms with Crippen LogP contribution in [-0.4, -0.2) is 27.4 Å². The molecule has 0 spiro atoms. The molecule has 3 rings (SSSR count). The van der Waals surface area contributed by atoms with Crippen LogP contribution in [0.1, 0.15) is 60.2 Å². The van der Waals surface area contributed by atoms with E-state index in [1.807, 2.05) is 25.5 Å². The van der Waals surface area contributed by atoms with Crippen molar-refractivity contribution in [2.24, 2.45) is 5.41 Å². The molecule has 0 aromatic carbocycles. The smallest absolute Gasteiger partial charge is 0.273 e. The van der Waals surface area contributed by atoms with Crippen LogP contribution >= 0.6 is 0 Å². The van der Waals surface area contributed by atoms with Gasteiger partial charge in [0.2, 0.25) is 0 Å². The topological polar surface area (TPSA) is 73.0 Å². The van der Waals surface area contributed by atoms with Crippen molar-refractivity contribution < 1.29 is 9.32 Å². The minimum absolute atomic E-state index is 0.128. The number of aryl methyl sites for hydroxylation is 2. The van der Waals surface area contributed by atoms with Crippen LogP contribution in [0.15, 0.2) is 16.7 Å². The van der Waals surface area contributed by atoms with E-state index in [2.05, 4.69) is 28.6 Å². The van der Waals surface area contributed by atoms with E-state index in [1.165, 1.54) is 0 Å². The van der Waals surface area contributed by atoms with Crippen molar-refractivity contribution in [1.82, 2.24) is 20.3 Å². The highest BCUT2D eigenvalue weighted by Crippen LogP contribution is 2.46. The molecule has 0 unspecified atom stereocenters. The van der Waals surface area contributed by atoms with E-state index in [4.69, 9.17) is 4.52 Å². The number of nitrogens with zero attached hydrogens (tertiary/aromatic N) is 3. The van der Waals surface area contributed by atoms with Crippen LogP contribution in [0.2, 0.25) is 0 Å². The van der Waals surface area contributed by atoms with Gasteiger partial charge in [-0.05, 0) is 32.8 Å². The first-order valence-electron chi connectivity index (χ1n) is 8.14. The SMILES string of the molecule is Cc1cc(C)n(CC2(CNC(=O)c3cc(C(C)C)on3)CC2)n1. The van der Waals surface area contributed by atoms with Gasteiger partial charge in [0.15, 0.2) is 5.69 Å². The number of carbonyl (C=O) groups excluding carboxylic acids is 1. The number of nitrogens with one attached hydrogen (secondary N) is 1. The molecule has 0 aliphatic heterocycles. The van der Waals surface area contributed by atoms with Crippen LogP contribution in [0.5, 0.6) is 0 Å². The Kier molecular flexibility index (Phi) is 4.00. The van der Waals surface area contributed by atoms with Gasteiger partial charge in [0.1, 0.15) is 5.76 Å². The summed E-state index contributed by atoms with van der Waals surface area (Å²) in [6.45, 7) is 9.59. The van der Waals surface area contributed by atoms with Crippen molar-refractivity contribution in [2.75, 3.05) is 6.54 Å². The van der Waals surface area contributed by atoms with Crippen LogP contribution in [0.25, 0.3) is 0 Å². The normalized spacial score (nSPS) is 15.9. The van der Waals surface area contributed by atoms with Crippen LogP contribution < -0.4 is 5.32 Å². The molecule has 0 atom stereocenters. The van der Waals surface area contributed by atoms with E-state index in [9.17, 15) is 4.79 Å². The number of amides is 1. The second-order valence-corrected chi connectivity index (χ2v) is 7.04. The molecule has 0 bridgehead atoms. The predicted octanol–water partition coefficient (Wildman–Crippen LogP) is 2.82. The maximum Gasteiger partial charge on any atom is 0.273 e. The second kappa shape index (κ2) is 5.83. The summed E-state index contributed by atoms with van der Waals surface area (Å²) >= 11 is 0. The summed E-state index contributed by atoms with van der Waals surface area (Å²) in [5.74, 6) is 0.795.